The second kappa shape index (κ2) is 8.21. The zero-order valence-corrected chi connectivity index (χ0v) is 17.4. The molecular formula is C24H28N4O. The van der Waals surface area contributed by atoms with Gasteiger partial charge in [0.2, 0.25) is 5.91 Å². The number of aromatic nitrogens is 2. The van der Waals surface area contributed by atoms with Crippen LogP contribution in [0.2, 0.25) is 0 Å². The monoisotopic (exact) mass is 388 g/mol. The van der Waals surface area contributed by atoms with Gasteiger partial charge in [-0.25, -0.2) is 4.68 Å². The van der Waals surface area contributed by atoms with Crippen LogP contribution in [-0.2, 0) is 11.3 Å². The van der Waals surface area contributed by atoms with E-state index in [4.69, 9.17) is 0 Å². The van der Waals surface area contributed by atoms with Crippen LogP contribution in [0.25, 0.3) is 5.69 Å². The Balaban J connectivity index is 1.46. The first-order chi connectivity index (χ1) is 14.0. The molecule has 0 saturated heterocycles. The quantitative estimate of drug-likeness (QED) is 0.653. The molecular weight excluding hydrogens is 360 g/mol. The minimum absolute atomic E-state index is 0.0165. The highest BCUT2D eigenvalue weighted by Gasteiger charge is 2.30. The van der Waals surface area contributed by atoms with E-state index in [0.717, 1.165) is 29.3 Å². The lowest BCUT2D eigenvalue weighted by molar-refractivity contribution is -0.117. The third-order valence-electron chi connectivity index (χ3n) is 5.47. The summed E-state index contributed by atoms with van der Waals surface area (Å²) in [5, 5.41) is 7.74. The molecule has 3 aromatic rings. The molecule has 5 nitrogen and oxygen atoms in total. The second-order valence-electron chi connectivity index (χ2n) is 7.96. The van der Waals surface area contributed by atoms with Crippen LogP contribution in [0.4, 0.5) is 5.69 Å². The topological polar surface area (TPSA) is 50.2 Å². The van der Waals surface area contributed by atoms with Gasteiger partial charge >= 0.3 is 0 Å². The zero-order valence-electron chi connectivity index (χ0n) is 17.4. The van der Waals surface area contributed by atoms with Gasteiger partial charge in [0.25, 0.3) is 0 Å². The summed E-state index contributed by atoms with van der Waals surface area (Å²) < 4.78 is 1.88. The molecule has 5 heteroatoms. The zero-order chi connectivity index (χ0) is 20.4. The number of anilines is 1. The number of carbonyl (C=O) groups excluding carboxylic acids is 1. The van der Waals surface area contributed by atoms with Crippen molar-refractivity contribution in [2.45, 2.75) is 46.2 Å². The Morgan fingerprint density at radius 2 is 1.76 bits per heavy atom. The molecule has 29 heavy (non-hydrogen) atoms. The van der Waals surface area contributed by atoms with Crippen molar-refractivity contribution in [1.29, 1.82) is 0 Å². The minimum atomic E-state index is 0.0165. The molecule has 1 amide bonds. The highest BCUT2D eigenvalue weighted by atomic mass is 16.2. The van der Waals surface area contributed by atoms with Crippen LogP contribution in [0.1, 0.15) is 35.4 Å². The van der Waals surface area contributed by atoms with E-state index < -0.39 is 0 Å². The number of aryl methyl sites for hydroxylation is 2. The molecule has 1 aromatic heterocycles. The van der Waals surface area contributed by atoms with Crippen molar-refractivity contribution in [2.24, 2.45) is 0 Å². The summed E-state index contributed by atoms with van der Waals surface area (Å²) in [5.41, 5.74) is 6.08. The van der Waals surface area contributed by atoms with Gasteiger partial charge in [-0.1, -0.05) is 48.0 Å². The fraction of sp³-hybridized carbons (Fsp3) is 0.333. The molecule has 0 radical (unpaired) electrons. The number of carbonyl (C=O) groups is 1. The first-order valence-corrected chi connectivity index (χ1v) is 10.2. The number of amides is 1. The van der Waals surface area contributed by atoms with Gasteiger partial charge in [0.1, 0.15) is 0 Å². The lowest BCUT2D eigenvalue weighted by Crippen LogP contribution is -2.34. The summed E-state index contributed by atoms with van der Waals surface area (Å²) in [6.45, 7) is 7.23. The van der Waals surface area contributed by atoms with Gasteiger partial charge in [-0.05, 0) is 51.3 Å². The Hall–Kier alpha value is -2.92. The van der Waals surface area contributed by atoms with E-state index in [1.165, 1.54) is 24.0 Å². The van der Waals surface area contributed by atoms with Crippen molar-refractivity contribution >= 4 is 11.6 Å². The van der Waals surface area contributed by atoms with E-state index in [0.29, 0.717) is 12.6 Å². The first kappa shape index (κ1) is 19.4. The van der Waals surface area contributed by atoms with Crippen molar-refractivity contribution in [2.75, 3.05) is 11.9 Å². The first-order valence-electron chi connectivity index (χ1n) is 10.2. The fourth-order valence-electron chi connectivity index (χ4n) is 3.69. The molecule has 1 saturated carbocycles. The Labute approximate surface area is 172 Å². The lowest BCUT2D eigenvalue weighted by atomic mass is 10.1. The molecule has 1 heterocycles. The van der Waals surface area contributed by atoms with Crippen molar-refractivity contribution in [3.05, 3.63) is 77.1 Å². The standard InChI is InChI=1S/C24H28N4O/c1-17-9-11-20(12-10-17)15-27(21-13-14-21)16-23(29)25-24-18(2)26-28(19(24)3)22-7-5-4-6-8-22/h4-12,21H,13-16H2,1-3H3,(H,25,29). The Morgan fingerprint density at radius 1 is 1.07 bits per heavy atom. The van der Waals surface area contributed by atoms with Gasteiger partial charge in [0.15, 0.2) is 0 Å². The van der Waals surface area contributed by atoms with Crippen molar-refractivity contribution < 1.29 is 4.79 Å². The van der Waals surface area contributed by atoms with Gasteiger partial charge in [-0.3, -0.25) is 9.69 Å². The number of hydrogen-bond donors (Lipinski definition) is 1. The summed E-state index contributed by atoms with van der Waals surface area (Å²) in [6, 6.07) is 19.1. The molecule has 1 fully saturated rings. The molecule has 0 bridgehead atoms. The van der Waals surface area contributed by atoms with Gasteiger partial charge in [-0.15, -0.1) is 0 Å². The SMILES string of the molecule is Cc1ccc(CN(CC(=O)Nc2c(C)nn(-c3ccccc3)c2C)C2CC2)cc1. The normalized spacial score (nSPS) is 13.7. The maximum absolute atomic E-state index is 12.9. The van der Waals surface area contributed by atoms with Gasteiger partial charge < -0.3 is 5.32 Å². The van der Waals surface area contributed by atoms with Crippen molar-refractivity contribution in [3.8, 4) is 5.69 Å². The molecule has 0 aliphatic heterocycles. The predicted molar refractivity (Wildman–Crippen MR) is 116 cm³/mol. The number of rotatable bonds is 7. The summed E-state index contributed by atoms with van der Waals surface area (Å²) in [5.74, 6) is 0.0165. The predicted octanol–water partition coefficient (Wildman–Crippen LogP) is 4.40. The highest BCUT2D eigenvalue weighted by molar-refractivity contribution is 5.93. The van der Waals surface area contributed by atoms with Crippen LogP contribution >= 0.6 is 0 Å². The van der Waals surface area contributed by atoms with Crippen molar-refractivity contribution in [3.63, 3.8) is 0 Å². The van der Waals surface area contributed by atoms with Gasteiger partial charge in [0, 0.05) is 12.6 Å². The Kier molecular flexibility index (Phi) is 5.49. The number of benzene rings is 2. The summed E-state index contributed by atoms with van der Waals surface area (Å²) >= 11 is 0. The molecule has 1 aliphatic rings. The molecule has 1 N–H and O–H groups in total. The maximum atomic E-state index is 12.9. The number of hydrogen-bond acceptors (Lipinski definition) is 3. The van der Waals surface area contributed by atoms with Crippen LogP contribution in [0.3, 0.4) is 0 Å². The minimum Gasteiger partial charge on any atom is -0.322 e. The lowest BCUT2D eigenvalue weighted by Gasteiger charge is -2.21. The van der Waals surface area contributed by atoms with Crippen LogP contribution in [0.5, 0.6) is 0 Å². The van der Waals surface area contributed by atoms with Crippen molar-refractivity contribution in [1.82, 2.24) is 14.7 Å². The van der Waals surface area contributed by atoms with Gasteiger partial charge in [0.05, 0.1) is 29.3 Å². The fourth-order valence-corrected chi connectivity index (χ4v) is 3.69. The summed E-state index contributed by atoms with van der Waals surface area (Å²) in [6.07, 6.45) is 2.34. The van der Waals surface area contributed by atoms with E-state index in [2.05, 4.69) is 46.5 Å². The van der Waals surface area contributed by atoms with E-state index >= 15 is 0 Å². The molecule has 0 spiro atoms. The number of nitrogens with one attached hydrogen (secondary N) is 1. The number of para-hydroxylation sites is 1. The second-order valence-corrected chi connectivity index (χ2v) is 7.96. The smallest absolute Gasteiger partial charge is 0.238 e. The average Bonchev–Trinajstić information content (AvgIpc) is 3.53. The van der Waals surface area contributed by atoms with E-state index in [1.807, 2.05) is 48.9 Å². The van der Waals surface area contributed by atoms with Crippen LogP contribution in [0, 0.1) is 20.8 Å². The van der Waals surface area contributed by atoms with E-state index in [-0.39, 0.29) is 5.91 Å². The molecule has 0 atom stereocenters. The van der Waals surface area contributed by atoms with Gasteiger partial charge in [-0.2, -0.15) is 5.10 Å². The van der Waals surface area contributed by atoms with E-state index in [9.17, 15) is 4.79 Å². The third kappa shape index (κ3) is 4.57. The maximum Gasteiger partial charge on any atom is 0.238 e. The summed E-state index contributed by atoms with van der Waals surface area (Å²) in [7, 11) is 0. The Bertz CT molecular complexity index is 988. The summed E-state index contributed by atoms with van der Waals surface area (Å²) in [4.78, 5) is 15.1. The highest BCUT2D eigenvalue weighted by Crippen LogP contribution is 2.29. The molecule has 1 aliphatic carbocycles. The average molecular weight is 389 g/mol. The molecule has 0 unspecified atom stereocenters. The van der Waals surface area contributed by atoms with Crippen LogP contribution < -0.4 is 5.32 Å². The van der Waals surface area contributed by atoms with Crippen LogP contribution in [-0.4, -0.2) is 33.2 Å². The molecule has 150 valence electrons. The Morgan fingerprint density at radius 3 is 2.41 bits per heavy atom. The number of nitrogens with zero attached hydrogens (tertiary/aromatic N) is 3. The largest absolute Gasteiger partial charge is 0.322 e. The third-order valence-corrected chi connectivity index (χ3v) is 5.47. The van der Waals surface area contributed by atoms with E-state index in [1.54, 1.807) is 0 Å². The molecule has 2 aromatic carbocycles. The molecule has 4 rings (SSSR count). The van der Waals surface area contributed by atoms with Crippen LogP contribution in [0.15, 0.2) is 54.6 Å².